The Hall–Kier alpha value is -1.07. The second-order valence-corrected chi connectivity index (χ2v) is 4.27. The van der Waals surface area contributed by atoms with Gasteiger partial charge in [-0.25, -0.2) is 13.2 Å². The van der Waals surface area contributed by atoms with E-state index in [1.165, 1.54) is 0 Å². The van der Waals surface area contributed by atoms with Crippen molar-refractivity contribution < 1.29 is 18.3 Å². The maximum absolute atomic E-state index is 13.3. The molecule has 0 aliphatic carbocycles. The molecule has 0 fully saturated rings. The lowest BCUT2D eigenvalue weighted by atomic mass is 10.0. The van der Waals surface area contributed by atoms with E-state index in [0.717, 1.165) is 6.07 Å². The third-order valence-electron chi connectivity index (χ3n) is 2.65. The summed E-state index contributed by atoms with van der Waals surface area (Å²) in [5, 5.41) is 11.9. The van der Waals surface area contributed by atoms with Gasteiger partial charge in [0.2, 0.25) is 0 Å². The minimum absolute atomic E-state index is 0.0444. The highest BCUT2D eigenvalue weighted by Crippen LogP contribution is 2.14. The Morgan fingerprint density at radius 3 is 2.24 bits per heavy atom. The molecule has 0 aliphatic heterocycles. The maximum atomic E-state index is 13.3. The average molecular weight is 247 g/mol. The van der Waals surface area contributed by atoms with Gasteiger partial charge in [-0.15, -0.1) is 0 Å². The quantitative estimate of drug-likeness (QED) is 0.782. The number of aliphatic hydroxyl groups excluding tert-OH is 1. The summed E-state index contributed by atoms with van der Waals surface area (Å²) in [6.45, 7) is 3.75. The van der Waals surface area contributed by atoms with Gasteiger partial charge < -0.3 is 10.4 Å². The summed E-state index contributed by atoms with van der Waals surface area (Å²) in [6.07, 6.45) is 0. The van der Waals surface area contributed by atoms with Crippen molar-refractivity contribution in [2.24, 2.45) is 5.92 Å². The third-order valence-corrected chi connectivity index (χ3v) is 2.65. The molecule has 2 nitrogen and oxygen atoms in total. The Labute approximate surface area is 98.5 Å². The largest absolute Gasteiger partial charge is 0.395 e. The zero-order chi connectivity index (χ0) is 13.0. The first-order chi connectivity index (χ1) is 7.95. The Balaban J connectivity index is 2.72. The topological polar surface area (TPSA) is 32.3 Å². The van der Waals surface area contributed by atoms with E-state index in [2.05, 4.69) is 5.32 Å². The lowest BCUT2D eigenvalue weighted by molar-refractivity contribution is 0.209. The van der Waals surface area contributed by atoms with E-state index in [1.807, 2.05) is 13.8 Å². The molecule has 1 unspecified atom stereocenters. The molecule has 0 aliphatic rings. The summed E-state index contributed by atoms with van der Waals surface area (Å²) in [7, 11) is 0. The van der Waals surface area contributed by atoms with Gasteiger partial charge in [-0.2, -0.15) is 0 Å². The van der Waals surface area contributed by atoms with Crippen molar-refractivity contribution in [1.82, 2.24) is 5.32 Å². The highest BCUT2D eigenvalue weighted by molar-refractivity contribution is 5.20. The number of hydrogen-bond donors (Lipinski definition) is 2. The minimum atomic E-state index is -1.20. The van der Waals surface area contributed by atoms with E-state index in [1.54, 1.807) is 0 Å². The van der Waals surface area contributed by atoms with Crippen LogP contribution >= 0.6 is 0 Å². The van der Waals surface area contributed by atoms with Gasteiger partial charge in [0.1, 0.15) is 5.82 Å². The number of hydrogen-bond acceptors (Lipinski definition) is 2. The van der Waals surface area contributed by atoms with Crippen molar-refractivity contribution in [3.8, 4) is 0 Å². The monoisotopic (exact) mass is 247 g/mol. The number of aliphatic hydroxyl groups is 1. The summed E-state index contributed by atoms with van der Waals surface area (Å²) in [5.41, 5.74) is 0.0444. The maximum Gasteiger partial charge on any atom is 0.161 e. The van der Waals surface area contributed by atoms with Crippen LogP contribution in [0, 0.1) is 23.4 Å². The zero-order valence-electron chi connectivity index (χ0n) is 9.80. The Morgan fingerprint density at radius 2 is 1.71 bits per heavy atom. The molecule has 0 spiro atoms. The average Bonchev–Trinajstić information content (AvgIpc) is 2.25. The highest BCUT2D eigenvalue weighted by Gasteiger charge is 2.14. The number of benzene rings is 1. The van der Waals surface area contributed by atoms with Crippen LogP contribution in [0.15, 0.2) is 12.1 Å². The molecular weight excluding hydrogens is 231 g/mol. The highest BCUT2D eigenvalue weighted by atomic mass is 19.2. The molecule has 5 heteroatoms. The summed E-state index contributed by atoms with van der Waals surface area (Å²) >= 11 is 0. The van der Waals surface area contributed by atoms with Crippen molar-refractivity contribution in [3.05, 3.63) is 35.1 Å². The molecular formula is C12H16F3NO. The molecule has 0 saturated carbocycles. The Morgan fingerprint density at radius 1 is 1.12 bits per heavy atom. The van der Waals surface area contributed by atoms with Crippen LogP contribution < -0.4 is 5.32 Å². The third kappa shape index (κ3) is 3.71. The predicted molar refractivity (Wildman–Crippen MR) is 58.9 cm³/mol. The van der Waals surface area contributed by atoms with Crippen molar-refractivity contribution in [2.75, 3.05) is 6.61 Å². The summed E-state index contributed by atoms with van der Waals surface area (Å²) < 4.78 is 38.9. The number of halogens is 3. The molecule has 0 radical (unpaired) electrons. The van der Waals surface area contributed by atoms with Crippen molar-refractivity contribution >= 4 is 0 Å². The van der Waals surface area contributed by atoms with Crippen LogP contribution in [0.2, 0.25) is 0 Å². The molecule has 0 aromatic heterocycles. The van der Waals surface area contributed by atoms with Crippen LogP contribution in [0.4, 0.5) is 13.2 Å². The zero-order valence-corrected chi connectivity index (χ0v) is 9.80. The van der Waals surface area contributed by atoms with Crippen LogP contribution in [0.25, 0.3) is 0 Å². The fraction of sp³-hybridized carbons (Fsp3) is 0.500. The van der Waals surface area contributed by atoms with Gasteiger partial charge in [0.15, 0.2) is 11.6 Å². The molecule has 1 aromatic rings. The van der Waals surface area contributed by atoms with Crippen molar-refractivity contribution in [1.29, 1.82) is 0 Å². The second kappa shape index (κ2) is 6.02. The molecule has 0 heterocycles. The Bertz CT molecular complexity index is 382. The first-order valence-electron chi connectivity index (χ1n) is 5.43. The van der Waals surface area contributed by atoms with E-state index in [4.69, 9.17) is 5.11 Å². The molecule has 96 valence electrons. The molecule has 1 rings (SSSR count). The molecule has 0 bridgehead atoms. The SMILES string of the molecule is CC(C)C(CO)NCc1cc(F)c(F)cc1F. The van der Waals surface area contributed by atoms with E-state index in [9.17, 15) is 13.2 Å². The van der Waals surface area contributed by atoms with E-state index in [0.29, 0.717) is 6.07 Å². The van der Waals surface area contributed by atoms with Gasteiger partial charge in [0.05, 0.1) is 6.61 Å². The molecule has 1 aromatic carbocycles. The fourth-order valence-corrected chi connectivity index (χ4v) is 1.45. The molecule has 2 N–H and O–H groups in total. The normalized spacial score (nSPS) is 13.1. The van der Waals surface area contributed by atoms with Gasteiger partial charge in [0.25, 0.3) is 0 Å². The van der Waals surface area contributed by atoms with E-state index >= 15 is 0 Å². The van der Waals surface area contributed by atoms with Gasteiger partial charge in [-0.3, -0.25) is 0 Å². The summed E-state index contributed by atoms with van der Waals surface area (Å²) in [5.74, 6) is -2.91. The first kappa shape index (κ1) is 14.0. The van der Waals surface area contributed by atoms with E-state index < -0.39 is 17.5 Å². The standard InChI is InChI=1S/C12H16F3NO/c1-7(2)12(6-17)16-5-8-3-10(14)11(15)4-9(8)13/h3-4,7,12,16-17H,5-6H2,1-2H3. The lowest BCUT2D eigenvalue weighted by Gasteiger charge is -2.20. The lowest BCUT2D eigenvalue weighted by Crippen LogP contribution is -2.36. The molecule has 0 saturated heterocycles. The van der Waals surface area contributed by atoms with Gasteiger partial charge in [-0.1, -0.05) is 13.8 Å². The van der Waals surface area contributed by atoms with Gasteiger partial charge in [0, 0.05) is 24.2 Å². The van der Waals surface area contributed by atoms with Crippen molar-refractivity contribution in [3.63, 3.8) is 0 Å². The van der Waals surface area contributed by atoms with Crippen molar-refractivity contribution in [2.45, 2.75) is 26.4 Å². The number of nitrogens with one attached hydrogen (secondary N) is 1. The van der Waals surface area contributed by atoms with Crippen LogP contribution in [0.3, 0.4) is 0 Å². The summed E-state index contributed by atoms with van der Waals surface area (Å²) in [6, 6.07) is 1.14. The summed E-state index contributed by atoms with van der Waals surface area (Å²) in [4.78, 5) is 0. The minimum Gasteiger partial charge on any atom is -0.395 e. The van der Waals surface area contributed by atoms with Crippen LogP contribution in [-0.4, -0.2) is 17.8 Å². The van der Waals surface area contributed by atoms with Crippen LogP contribution in [-0.2, 0) is 6.54 Å². The smallest absolute Gasteiger partial charge is 0.161 e. The first-order valence-corrected chi connectivity index (χ1v) is 5.43. The molecule has 0 amide bonds. The van der Waals surface area contributed by atoms with Crippen LogP contribution in [0.5, 0.6) is 0 Å². The molecule has 17 heavy (non-hydrogen) atoms. The fourth-order valence-electron chi connectivity index (χ4n) is 1.45. The Kier molecular flexibility index (Phi) is 4.96. The predicted octanol–water partition coefficient (Wildman–Crippen LogP) is 2.21. The van der Waals surface area contributed by atoms with E-state index in [-0.39, 0.29) is 30.7 Å². The van der Waals surface area contributed by atoms with Gasteiger partial charge in [-0.05, 0) is 12.0 Å². The van der Waals surface area contributed by atoms with Crippen LogP contribution in [0.1, 0.15) is 19.4 Å². The second-order valence-electron chi connectivity index (χ2n) is 4.27. The number of rotatable bonds is 5. The van der Waals surface area contributed by atoms with Gasteiger partial charge >= 0.3 is 0 Å². The molecule has 1 atom stereocenters.